The normalized spacial score (nSPS) is 17.5. The first-order chi connectivity index (χ1) is 10.9. The molecule has 0 spiro atoms. The highest BCUT2D eigenvalue weighted by atomic mass is 32.2. The van der Waals surface area contributed by atoms with Gasteiger partial charge in [0.1, 0.15) is 4.32 Å². The SMILES string of the molecule is COc1cccc(/C=C2/SC(=S)N([C@H](C)C(=O)[O-])C2=O)c1OC. The van der Waals surface area contributed by atoms with Crippen LogP contribution in [0.1, 0.15) is 12.5 Å². The van der Waals surface area contributed by atoms with E-state index in [0.717, 1.165) is 16.7 Å². The van der Waals surface area contributed by atoms with Gasteiger partial charge in [-0.1, -0.05) is 36.1 Å². The number of carbonyl (C=O) groups is 2. The van der Waals surface area contributed by atoms with Gasteiger partial charge in [0.15, 0.2) is 11.5 Å². The van der Waals surface area contributed by atoms with Gasteiger partial charge in [-0.2, -0.15) is 0 Å². The second kappa shape index (κ2) is 7.01. The van der Waals surface area contributed by atoms with E-state index in [-0.39, 0.29) is 4.32 Å². The lowest BCUT2D eigenvalue weighted by Crippen LogP contribution is -2.48. The Kier molecular flexibility index (Phi) is 5.27. The van der Waals surface area contributed by atoms with Gasteiger partial charge >= 0.3 is 0 Å². The number of rotatable bonds is 5. The van der Waals surface area contributed by atoms with Crippen molar-refractivity contribution in [1.82, 2.24) is 4.90 Å². The molecule has 1 aliphatic heterocycles. The second-order valence-corrected chi connectivity index (χ2v) is 6.31. The molecule has 122 valence electrons. The molecule has 1 saturated heterocycles. The number of thioether (sulfide) groups is 1. The first-order valence-corrected chi connectivity index (χ1v) is 7.82. The third-order valence-electron chi connectivity index (χ3n) is 3.27. The Labute approximate surface area is 143 Å². The standard InChI is InChI=1S/C15H15NO5S2/c1-8(14(18)19)16-13(17)11(23-15(16)22)7-9-5-4-6-10(20-2)12(9)21-3/h4-8H,1-3H3,(H,18,19)/p-1/b11-7+/t8-/m1/s1. The largest absolute Gasteiger partial charge is 0.548 e. The number of carboxylic acid groups (broad SMARTS) is 1. The zero-order chi connectivity index (χ0) is 17.1. The van der Waals surface area contributed by atoms with Crippen molar-refractivity contribution in [2.75, 3.05) is 14.2 Å². The summed E-state index contributed by atoms with van der Waals surface area (Å²) in [5, 5.41) is 11.0. The average Bonchev–Trinajstić information content (AvgIpc) is 2.80. The number of benzene rings is 1. The van der Waals surface area contributed by atoms with Crippen LogP contribution in [-0.2, 0) is 9.59 Å². The van der Waals surface area contributed by atoms with E-state index in [1.165, 1.54) is 21.1 Å². The molecular weight excluding hydrogens is 338 g/mol. The summed E-state index contributed by atoms with van der Waals surface area (Å²) in [5.74, 6) is -0.823. The molecule has 1 amide bonds. The van der Waals surface area contributed by atoms with E-state index in [4.69, 9.17) is 21.7 Å². The molecule has 1 aromatic carbocycles. The van der Waals surface area contributed by atoms with Gasteiger partial charge in [0.2, 0.25) is 0 Å². The number of carboxylic acids is 1. The number of para-hydroxylation sites is 1. The molecule has 1 fully saturated rings. The van der Waals surface area contributed by atoms with Gasteiger partial charge in [-0.05, 0) is 19.1 Å². The Morgan fingerprint density at radius 1 is 1.39 bits per heavy atom. The summed E-state index contributed by atoms with van der Waals surface area (Å²) in [5.41, 5.74) is 0.633. The van der Waals surface area contributed by atoms with Crippen LogP contribution in [0.3, 0.4) is 0 Å². The summed E-state index contributed by atoms with van der Waals surface area (Å²) in [7, 11) is 3.02. The lowest BCUT2D eigenvalue weighted by Gasteiger charge is -2.23. The molecule has 1 heterocycles. The molecule has 0 radical (unpaired) electrons. The van der Waals surface area contributed by atoms with Gasteiger partial charge in [0.05, 0.1) is 31.1 Å². The highest BCUT2D eigenvalue weighted by Gasteiger charge is 2.36. The van der Waals surface area contributed by atoms with Crippen molar-refractivity contribution in [3.8, 4) is 11.5 Å². The van der Waals surface area contributed by atoms with E-state index in [9.17, 15) is 14.7 Å². The third-order valence-corrected chi connectivity index (χ3v) is 4.60. The number of amides is 1. The van der Waals surface area contributed by atoms with Gasteiger partial charge in [0.25, 0.3) is 5.91 Å². The number of methoxy groups -OCH3 is 2. The molecule has 0 aliphatic carbocycles. The molecule has 2 rings (SSSR count). The molecule has 0 N–H and O–H groups in total. The third kappa shape index (κ3) is 3.32. The van der Waals surface area contributed by atoms with Crippen LogP contribution < -0.4 is 14.6 Å². The monoisotopic (exact) mass is 352 g/mol. The van der Waals surface area contributed by atoms with E-state index in [2.05, 4.69) is 0 Å². The molecule has 1 aliphatic rings. The molecule has 0 saturated carbocycles. The van der Waals surface area contributed by atoms with Crippen LogP contribution in [0, 0.1) is 0 Å². The van der Waals surface area contributed by atoms with Gasteiger partial charge in [0, 0.05) is 5.56 Å². The number of hydrogen-bond acceptors (Lipinski definition) is 7. The number of carbonyl (C=O) groups excluding carboxylic acids is 2. The van der Waals surface area contributed by atoms with Crippen molar-refractivity contribution in [2.45, 2.75) is 13.0 Å². The van der Waals surface area contributed by atoms with Gasteiger partial charge in [-0.25, -0.2) is 0 Å². The van der Waals surface area contributed by atoms with Crippen molar-refractivity contribution < 1.29 is 24.2 Å². The molecule has 1 atom stereocenters. The first-order valence-electron chi connectivity index (χ1n) is 6.59. The fourth-order valence-corrected chi connectivity index (χ4v) is 3.50. The smallest absolute Gasteiger partial charge is 0.266 e. The summed E-state index contributed by atoms with van der Waals surface area (Å²) in [6.07, 6.45) is 1.60. The number of hydrogen-bond donors (Lipinski definition) is 0. The minimum absolute atomic E-state index is 0.180. The van der Waals surface area contributed by atoms with Gasteiger partial charge in [-0.15, -0.1) is 0 Å². The maximum Gasteiger partial charge on any atom is 0.266 e. The van der Waals surface area contributed by atoms with Gasteiger partial charge < -0.3 is 19.4 Å². The Morgan fingerprint density at radius 2 is 2.09 bits per heavy atom. The summed E-state index contributed by atoms with van der Waals surface area (Å²) >= 11 is 6.13. The Morgan fingerprint density at radius 3 is 2.65 bits per heavy atom. The maximum absolute atomic E-state index is 12.4. The average molecular weight is 352 g/mol. The highest BCUT2D eigenvalue weighted by Crippen LogP contribution is 2.37. The van der Waals surface area contributed by atoms with E-state index in [1.807, 2.05) is 0 Å². The lowest BCUT2D eigenvalue weighted by atomic mass is 10.1. The van der Waals surface area contributed by atoms with Crippen molar-refractivity contribution in [3.63, 3.8) is 0 Å². The quantitative estimate of drug-likeness (QED) is 0.579. The molecule has 0 unspecified atom stereocenters. The molecular formula is C15H14NO5S2-. The van der Waals surface area contributed by atoms with Crippen LogP contribution >= 0.6 is 24.0 Å². The predicted molar refractivity (Wildman–Crippen MR) is 89.0 cm³/mol. The van der Waals surface area contributed by atoms with E-state index < -0.39 is 17.9 Å². The number of thiocarbonyl (C=S) groups is 1. The number of aliphatic carboxylic acids is 1. The molecule has 8 heteroatoms. The van der Waals surface area contributed by atoms with Crippen molar-refractivity contribution in [2.24, 2.45) is 0 Å². The van der Waals surface area contributed by atoms with Crippen molar-refractivity contribution >= 4 is 46.3 Å². The zero-order valence-corrected chi connectivity index (χ0v) is 14.3. The maximum atomic E-state index is 12.4. The Balaban J connectivity index is 2.40. The number of ether oxygens (including phenoxy) is 2. The van der Waals surface area contributed by atoms with Crippen molar-refractivity contribution in [1.29, 1.82) is 0 Å². The van der Waals surface area contributed by atoms with E-state index in [1.54, 1.807) is 24.3 Å². The van der Waals surface area contributed by atoms with E-state index in [0.29, 0.717) is 22.0 Å². The van der Waals surface area contributed by atoms with Crippen LogP contribution in [0.2, 0.25) is 0 Å². The summed E-state index contributed by atoms with van der Waals surface area (Å²) in [6, 6.07) is 4.13. The lowest BCUT2D eigenvalue weighted by molar-refractivity contribution is -0.309. The number of nitrogens with zero attached hydrogens (tertiary/aromatic N) is 1. The van der Waals surface area contributed by atoms with Crippen LogP contribution in [0.5, 0.6) is 11.5 Å². The molecule has 6 nitrogen and oxygen atoms in total. The van der Waals surface area contributed by atoms with Crippen molar-refractivity contribution in [3.05, 3.63) is 28.7 Å². The fourth-order valence-electron chi connectivity index (χ4n) is 2.09. The van der Waals surface area contributed by atoms with Crippen LogP contribution in [0.4, 0.5) is 0 Å². The van der Waals surface area contributed by atoms with Crippen LogP contribution in [0.25, 0.3) is 6.08 Å². The topological polar surface area (TPSA) is 78.9 Å². The molecule has 0 aromatic heterocycles. The predicted octanol–water partition coefficient (Wildman–Crippen LogP) is 1.04. The Hall–Kier alpha value is -2.06. The fraction of sp³-hybridized carbons (Fsp3) is 0.267. The second-order valence-electron chi connectivity index (χ2n) is 4.63. The molecule has 1 aromatic rings. The summed E-state index contributed by atoms with van der Waals surface area (Å²) < 4.78 is 10.7. The highest BCUT2D eigenvalue weighted by molar-refractivity contribution is 8.26. The molecule has 0 bridgehead atoms. The first kappa shape index (κ1) is 17.3. The zero-order valence-electron chi connectivity index (χ0n) is 12.7. The van der Waals surface area contributed by atoms with Crippen LogP contribution in [0.15, 0.2) is 23.1 Å². The molecule has 23 heavy (non-hydrogen) atoms. The van der Waals surface area contributed by atoms with E-state index >= 15 is 0 Å². The van der Waals surface area contributed by atoms with Crippen LogP contribution in [-0.4, -0.2) is 41.4 Å². The summed E-state index contributed by atoms with van der Waals surface area (Å²) in [4.78, 5) is 24.8. The minimum Gasteiger partial charge on any atom is -0.548 e. The minimum atomic E-state index is -1.36. The van der Waals surface area contributed by atoms with Gasteiger partial charge in [-0.3, -0.25) is 9.69 Å². The summed E-state index contributed by atoms with van der Waals surface area (Å²) in [6.45, 7) is 1.36. The Bertz CT molecular complexity index is 701.